The highest BCUT2D eigenvalue weighted by Gasteiger charge is 2.61. The average Bonchev–Trinajstić information content (AvgIpc) is 3.45. The number of rotatable bonds is 6. The fourth-order valence-electron chi connectivity index (χ4n) is 5.34. The number of aliphatic hydroxyl groups is 1. The molecule has 0 bridgehead atoms. The number of aliphatic hydroxyl groups excluding tert-OH is 1. The van der Waals surface area contributed by atoms with E-state index >= 15 is 0 Å². The summed E-state index contributed by atoms with van der Waals surface area (Å²) in [6.07, 6.45) is -2.72. The lowest BCUT2D eigenvalue weighted by molar-refractivity contribution is -0.138. The van der Waals surface area contributed by atoms with Crippen LogP contribution in [0, 0.1) is 0 Å². The SMILES string of the molecule is C[C@@]1(Br)C(=O)N=C2O[C@H]3[C@H](Br)[C@@H](COC(c4ccccc4)(c4ccccc4)c4ccccc4)O[C@H]3N2[C@H]1O. The van der Waals surface area contributed by atoms with Crippen molar-refractivity contribution in [3.8, 4) is 0 Å². The Kier molecular flexibility index (Phi) is 6.68. The fraction of sp³-hybridized carbons (Fsp3) is 0.310. The van der Waals surface area contributed by atoms with E-state index in [1.54, 1.807) is 6.92 Å². The molecule has 0 saturated carbocycles. The van der Waals surface area contributed by atoms with E-state index in [9.17, 15) is 9.90 Å². The molecule has 0 spiro atoms. The van der Waals surface area contributed by atoms with Crippen LogP contribution in [-0.4, -0.2) is 62.4 Å². The van der Waals surface area contributed by atoms with Crippen LogP contribution in [0.2, 0.25) is 0 Å². The first-order valence-electron chi connectivity index (χ1n) is 12.4. The molecule has 2 saturated heterocycles. The van der Waals surface area contributed by atoms with Crippen LogP contribution >= 0.6 is 31.9 Å². The van der Waals surface area contributed by atoms with Crippen LogP contribution in [0.1, 0.15) is 23.6 Å². The Morgan fingerprint density at radius 2 is 1.47 bits per heavy atom. The van der Waals surface area contributed by atoms with E-state index in [0.29, 0.717) is 0 Å². The number of amidine groups is 1. The van der Waals surface area contributed by atoms with Crippen LogP contribution in [0.3, 0.4) is 0 Å². The normalized spacial score (nSPS) is 30.4. The molecule has 1 amide bonds. The van der Waals surface area contributed by atoms with E-state index < -0.39 is 40.5 Å². The number of benzene rings is 3. The van der Waals surface area contributed by atoms with Crippen LogP contribution in [0.4, 0.5) is 0 Å². The fourth-order valence-corrected chi connectivity index (χ4v) is 6.30. The molecule has 9 heteroatoms. The first kappa shape index (κ1) is 25.7. The Labute approximate surface area is 237 Å². The summed E-state index contributed by atoms with van der Waals surface area (Å²) in [4.78, 5) is 17.7. The number of carbonyl (C=O) groups is 1. The molecule has 0 unspecified atom stereocenters. The molecule has 3 aromatic carbocycles. The number of hydrogen-bond acceptors (Lipinski definition) is 6. The monoisotopic (exact) mass is 640 g/mol. The Morgan fingerprint density at radius 1 is 0.974 bits per heavy atom. The van der Waals surface area contributed by atoms with E-state index in [1.807, 2.05) is 54.6 Å². The second-order valence-corrected chi connectivity index (χ2v) is 12.4. The molecule has 3 aliphatic rings. The largest absolute Gasteiger partial charge is 0.455 e. The molecule has 7 nitrogen and oxygen atoms in total. The summed E-state index contributed by atoms with van der Waals surface area (Å²) in [5.74, 6) is -0.499. The summed E-state index contributed by atoms with van der Waals surface area (Å²) in [6, 6.07) is 30.5. The highest BCUT2D eigenvalue weighted by atomic mass is 79.9. The first-order chi connectivity index (χ1) is 18.3. The van der Waals surface area contributed by atoms with Gasteiger partial charge in [-0.05, 0) is 23.6 Å². The zero-order valence-corrected chi connectivity index (χ0v) is 23.7. The van der Waals surface area contributed by atoms with Gasteiger partial charge in [0, 0.05) is 0 Å². The Balaban J connectivity index is 1.34. The van der Waals surface area contributed by atoms with Crippen molar-refractivity contribution in [1.82, 2.24) is 4.90 Å². The Bertz CT molecular complexity index is 1240. The third kappa shape index (κ3) is 4.03. The number of carbonyl (C=O) groups excluding carboxylic acids is 1. The van der Waals surface area contributed by atoms with Gasteiger partial charge in [0.05, 0.1) is 17.5 Å². The molecule has 0 radical (unpaired) electrons. The summed E-state index contributed by atoms with van der Waals surface area (Å²) in [7, 11) is 0. The maximum Gasteiger partial charge on any atom is 0.300 e. The average molecular weight is 642 g/mol. The molecule has 2 fully saturated rings. The van der Waals surface area contributed by atoms with Crippen LogP contribution in [0.15, 0.2) is 96.0 Å². The minimum absolute atomic E-state index is 0.0745. The number of hydrogen-bond donors (Lipinski definition) is 1. The van der Waals surface area contributed by atoms with Crippen molar-refractivity contribution in [3.63, 3.8) is 0 Å². The lowest BCUT2D eigenvalue weighted by Gasteiger charge is -2.39. The molecule has 0 aliphatic carbocycles. The summed E-state index contributed by atoms with van der Waals surface area (Å²) in [6.45, 7) is 1.81. The predicted molar refractivity (Wildman–Crippen MR) is 149 cm³/mol. The van der Waals surface area contributed by atoms with Crippen molar-refractivity contribution >= 4 is 43.8 Å². The number of aliphatic imine (C=N–C) groups is 1. The van der Waals surface area contributed by atoms with Crippen LogP contribution in [-0.2, 0) is 24.6 Å². The molecule has 3 aromatic rings. The molecule has 196 valence electrons. The molecule has 6 atom stereocenters. The number of amides is 1. The lowest BCUT2D eigenvalue weighted by Crippen LogP contribution is -2.59. The summed E-state index contributed by atoms with van der Waals surface area (Å²) < 4.78 is 18.1. The van der Waals surface area contributed by atoms with Gasteiger partial charge in [0.25, 0.3) is 11.9 Å². The minimum Gasteiger partial charge on any atom is -0.455 e. The van der Waals surface area contributed by atoms with Gasteiger partial charge in [0.1, 0.15) is 9.93 Å². The lowest BCUT2D eigenvalue weighted by atomic mass is 9.80. The summed E-state index contributed by atoms with van der Waals surface area (Å²) >= 11 is 7.08. The molecule has 3 aliphatic heterocycles. The standard InChI is InChI=1S/C29H26Br2N2O5/c1-28(31)25(34)32-27-33(26(28)35)24-23(38-27)22(30)21(37-24)17-36-29(18-11-5-2-6-12-18,19-13-7-3-8-14-19)20-15-9-4-10-16-20/h2-16,21-24,26,35H,17H2,1H3/t21-,22-,23+,24-,26+,28-/m1/s1. The van der Waals surface area contributed by atoms with Gasteiger partial charge in [-0.2, -0.15) is 4.99 Å². The quantitative estimate of drug-likeness (QED) is 0.314. The number of ether oxygens (including phenoxy) is 3. The maximum absolute atomic E-state index is 12.4. The van der Waals surface area contributed by atoms with E-state index in [2.05, 4.69) is 73.3 Å². The van der Waals surface area contributed by atoms with Crippen molar-refractivity contribution in [3.05, 3.63) is 108 Å². The van der Waals surface area contributed by atoms with Crippen molar-refractivity contribution < 1.29 is 24.1 Å². The van der Waals surface area contributed by atoms with E-state index in [0.717, 1.165) is 16.7 Å². The zero-order valence-electron chi connectivity index (χ0n) is 20.5. The van der Waals surface area contributed by atoms with E-state index in [4.69, 9.17) is 14.2 Å². The smallest absolute Gasteiger partial charge is 0.300 e. The number of nitrogens with zero attached hydrogens (tertiary/aromatic N) is 2. The number of fused-ring (bicyclic) bond motifs is 3. The van der Waals surface area contributed by atoms with E-state index in [-0.39, 0.29) is 17.5 Å². The molecule has 0 aromatic heterocycles. The van der Waals surface area contributed by atoms with Gasteiger partial charge in [0.15, 0.2) is 18.6 Å². The van der Waals surface area contributed by atoms with Crippen molar-refractivity contribution in [1.29, 1.82) is 0 Å². The summed E-state index contributed by atoms with van der Waals surface area (Å²) in [5, 5.41) is 11.0. The highest BCUT2D eigenvalue weighted by Crippen LogP contribution is 2.45. The van der Waals surface area contributed by atoms with Gasteiger partial charge in [-0.1, -0.05) is 123 Å². The molecule has 38 heavy (non-hydrogen) atoms. The zero-order chi connectivity index (χ0) is 26.5. The highest BCUT2D eigenvalue weighted by molar-refractivity contribution is 9.10. The third-order valence-corrected chi connectivity index (χ3v) is 9.23. The van der Waals surface area contributed by atoms with E-state index in [1.165, 1.54) is 4.90 Å². The molecular formula is C29H26Br2N2O5. The topological polar surface area (TPSA) is 80.6 Å². The van der Waals surface area contributed by atoms with Crippen LogP contribution in [0.25, 0.3) is 0 Å². The minimum atomic E-state index is -1.27. The van der Waals surface area contributed by atoms with Crippen LogP contribution in [0.5, 0.6) is 0 Å². The van der Waals surface area contributed by atoms with Gasteiger partial charge < -0.3 is 19.3 Å². The third-order valence-electron chi connectivity index (χ3n) is 7.37. The van der Waals surface area contributed by atoms with Gasteiger partial charge in [0.2, 0.25) is 0 Å². The van der Waals surface area contributed by atoms with Gasteiger partial charge in [-0.15, -0.1) is 0 Å². The van der Waals surface area contributed by atoms with Crippen molar-refractivity contribution in [2.45, 2.75) is 46.3 Å². The second kappa shape index (κ2) is 9.88. The number of alkyl halides is 2. The molecule has 3 heterocycles. The molecule has 6 rings (SSSR count). The number of halogens is 2. The second-order valence-electron chi connectivity index (χ2n) is 9.74. The predicted octanol–water partition coefficient (Wildman–Crippen LogP) is 4.55. The van der Waals surface area contributed by atoms with Crippen molar-refractivity contribution in [2.75, 3.05) is 6.61 Å². The Morgan fingerprint density at radius 3 is 1.97 bits per heavy atom. The summed E-state index contributed by atoms with van der Waals surface area (Å²) in [5.41, 5.74) is 2.09. The Hall–Kier alpha value is -2.56. The van der Waals surface area contributed by atoms with Crippen LogP contribution < -0.4 is 0 Å². The van der Waals surface area contributed by atoms with Gasteiger partial charge in [-0.3, -0.25) is 9.69 Å². The van der Waals surface area contributed by atoms with Crippen molar-refractivity contribution in [2.24, 2.45) is 4.99 Å². The first-order valence-corrected chi connectivity index (χ1v) is 14.1. The van der Waals surface area contributed by atoms with Gasteiger partial charge >= 0.3 is 0 Å². The maximum atomic E-state index is 12.4. The van der Waals surface area contributed by atoms with Gasteiger partial charge in [-0.25, -0.2) is 0 Å². The molecular weight excluding hydrogens is 616 g/mol. The molecule has 1 N–H and O–H groups in total.